The molecular weight excluding hydrogens is 1650 g/mol. The van der Waals surface area contributed by atoms with Gasteiger partial charge in [0, 0.05) is 60.6 Å². The first-order chi connectivity index (χ1) is 63.0. The normalized spacial score (nSPS) is 15.0. The van der Waals surface area contributed by atoms with Gasteiger partial charge in [0.05, 0.1) is 107 Å². The van der Waals surface area contributed by atoms with E-state index in [1.807, 2.05) is 94.2 Å². The molecule has 8 aromatic heterocycles. The van der Waals surface area contributed by atoms with E-state index in [0.29, 0.717) is 105 Å². The quantitative estimate of drug-likeness (QED) is 0.0265. The van der Waals surface area contributed by atoms with Gasteiger partial charge in [0.1, 0.15) is 53.1 Å². The van der Waals surface area contributed by atoms with E-state index in [1.165, 1.54) is 137 Å². The Morgan fingerprint density at radius 1 is 0.310 bits per heavy atom. The van der Waals surface area contributed by atoms with Gasteiger partial charge in [0.15, 0.2) is 22.6 Å². The fraction of sp³-hybridized carbons (Fsp3) is 0.417. The Labute approximate surface area is 757 Å². The van der Waals surface area contributed by atoms with E-state index in [4.69, 9.17) is 65.9 Å². The van der Waals surface area contributed by atoms with Gasteiger partial charge in [-0.25, -0.2) is 18.7 Å². The Morgan fingerprint density at radius 3 is 0.845 bits per heavy atom. The molecule has 6 aromatic carbocycles. The molecule has 0 spiro atoms. The lowest BCUT2D eigenvalue weighted by Crippen LogP contribution is -2.20. The highest BCUT2D eigenvalue weighted by molar-refractivity contribution is 6.28. The molecule has 4 aliphatic heterocycles. The standard InChI is InChI=1S/C29H36N6O3.C25H27ClN6O.2C21H28N6O2/c1-21(20-36-2)38-29-32-27(30-16-22-10-12-25(37-3)13-11-22)26-17-31-35(28(26)33-29)19-24-8-6-23(7-9-24)18-34-14-4-5-15-34;1-33-21-10-8-18(9-11-21)14-27-23-22-15-28-32(24(22)30-25(26)29-23)17-20-6-4-19(5-7-20)16-31-12-2-3-13-31;2*1-15(14-28-2)29-21-24-19(22)18-11-23-27(20(18)25-21)13-17-7-5-16(6-8-17)12-26-9-3-4-10-26/h6-13,17,21H,4-5,14-16,18-20H2,1-3H3,(H,30,32,33);4-11,15H,2-3,12-14,16-17H2,1H3,(H,27,29,30);2*5-8,11,15H,3-4,9-10,12-14H2,1-2H3,(H2,22,24,25). The zero-order valence-corrected chi connectivity index (χ0v) is 75.9. The van der Waals surface area contributed by atoms with Crippen LogP contribution in [0.5, 0.6) is 29.5 Å². The molecule has 0 amide bonds. The number of hydrogen-bond acceptors (Lipinski definition) is 28. The smallest absolute Gasteiger partial charge is 0.320 e. The lowest BCUT2D eigenvalue weighted by atomic mass is 10.1. The fourth-order valence-corrected chi connectivity index (χ4v) is 16.5. The maximum absolute atomic E-state index is 6.25. The Hall–Kier alpha value is -12.3. The zero-order valence-electron chi connectivity index (χ0n) is 75.1. The van der Waals surface area contributed by atoms with Gasteiger partial charge in [0.2, 0.25) is 5.28 Å². The van der Waals surface area contributed by atoms with Gasteiger partial charge in [-0.2, -0.15) is 60.3 Å². The predicted octanol–water partition coefficient (Wildman–Crippen LogP) is 14.2. The van der Waals surface area contributed by atoms with Crippen LogP contribution < -0.4 is 45.8 Å². The summed E-state index contributed by atoms with van der Waals surface area (Å²) in [7, 11) is 8.23. The molecule has 3 atom stereocenters. The summed E-state index contributed by atoms with van der Waals surface area (Å²) in [5.74, 6) is 3.73. The van der Waals surface area contributed by atoms with Crippen molar-refractivity contribution in [2.75, 3.05) is 130 Å². The lowest BCUT2D eigenvalue weighted by molar-refractivity contribution is 0.0858. The second kappa shape index (κ2) is 45.1. The first-order valence-corrected chi connectivity index (χ1v) is 44.9. The van der Waals surface area contributed by atoms with Crippen LogP contribution in [-0.4, -0.2) is 225 Å². The van der Waals surface area contributed by atoms with Crippen molar-refractivity contribution < 1.29 is 37.9 Å². The van der Waals surface area contributed by atoms with E-state index in [-0.39, 0.29) is 35.6 Å². The number of nitrogens with one attached hydrogen (secondary N) is 2. The molecule has 4 fully saturated rings. The van der Waals surface area contributed by atoms with Gasteiger partial charge in [-0.15, -0.1) is 0 Å². The molecule has 14 aromatic rings. The molecule has 129 heavy (non-hydrogen) atoms. The minimum Gasteiger partial charge on any atom is -0.497 e. The number of hydrogen-bond donors (Lipinski definition) is 4. The van der Waals surface area contributed by atoms with E-state index in [1.54, 1.807) is 54.1 Å². The lowest BCUT2D eigenvalue weighted by Gasteiger charge is -2.15. The number of ether oxygens (including phenoxy) is 8. The van der Waals surface area contributed by atoms with Crippen molar-refractivity contribution in [1.82, 2.24) is 98.6 Å². The number of rotatable bonds is 36. The van der Waals surface area contributed by atoms with Crippen molar-refractivity contribution in [3.8, 4) is 29.5 Å². The number of nitrogen functional groups attached to an aromatic ring is 2. The molecule has 0 saturated carbocycles. The molecule has 12 heterocycles. The summed E-state index contributed by atoms with van der Waals surface area (Å²) in [4.78, 5) is 45.8. The first kappa shape index (κ1) is 91.5. The Kier molecular flexibility index (Phi) is 32.0. The molecule has 0 aliphatic carbocycles. The number of benzene rings is 6. The predicted molar refractivity (Wildman–Crippen MR) is 502 cm³/mol. The van der Waals surface area contributed by atoms with Gasteiger partial charge in [-0.1, -0.05) is 121 Å². The minimum atomic E-state index is -0.189. The van der Waals surface area contributed by atoms with Crippen LogP contribution in [0.2, 0.25) is 5.28 Å². The SMILES string of the molecule is COCC(C)Oc1nc(N)c2cnn(Cc3ccc(CN4CCCC4)cc3)c2n1.COCC(C)Oc1nc(N)c2cnn(Cc3ccc(CN4CCCC4)cc3)c2n1.COCC(C)Oc1nc(NCc2ccc(OC)cc2)c2cnn(Cc3ccc(CN4CCCC4)cc3)c2n1.COc1ccc(CNc2nc(Cl)nc3c2cnn3Cc2ccc(CN3CCCC3)cc2)cc1. The van der Waals surface area contributed by atoms with Crippen LogP contribution in [0, 0.1) is 0 Å². The molecule has 4 saturated heterocycles. The number of halogens is 1. The molecule has 33 heteroatoms. The van der Waals surface area contributed by atoms with E-state index in [2.05, 4.69) is 183 Å². The van der Waals surface area contributed by atoms with Crippen LogP contribution >= 0.6 is 11.6 Å². The second-order valence-corrected chi connectivity index (χ2v) is 33.7. The number of fused-ring (bicyclic) bond motifs is 4. The van der Waals surface area contributed by atoms with Crippen LogP contribution in [0.15, 0.2) is 170 Å². The monoisotopic (exact) mass is 1770 g/mol. The number of aromatic nitrogens is 16. The summed E-state index contributed by atoms with van der Waals surface area (Å²) in [6, 6.07) is 51.6. The topological polar surface area (TPSA) is 337 Å². The number of methoxy groups -OCH3 is 5. The molecule has 3 unspecified atom stereocenters. The molecule has 0 bridgehead atoms. The molecule has 32 nitrogen and oxygen atoms in total. The van der Waals surface area contributed by atoms with E-state index in [0.717, 1.165) is 87.1 Å². The Bertz CT molecular complexity index is 5700. The van der Waals surface area contributed by atoms with Crippen LogP contribution in [0.3, 0.4) is 0 Å². The summed E-state index contributed by atoms with van der Waals surface area (Å²) in [6.45, 7) is 24.4. The van der Waals surface area contributed by atoms with Gasteiger partial charge >= 0.3 is 18.0 Å². The number of anilines is 4. The van der Waals surface area contributed by atoms with Crippen molar-refractivity contribution in [3.63, 3.8) is 0 Å². The van der Waals surface area contributed by atoms with Crippen LogP contribution in [-0.2, 0) is 79.7 Å². The van der Waals surface area contributed by atoms with Crippen molar-refractivity contribution in [2.24, 2.45) is 0 Å². The van der Waals surface area contributed by atoms with Crippen LogP contribution in [0.1, 0.15) is 128 Å². The van der Waals surface area contributed by atoms with Crippen molar-refractivity contribution >= 4 is 79.0 Å². The van der Waals surface area contributed by atoms with Crippen LogP contribution in [0.25, 0.3) is 44.1 Å². The third-order valence-electron chi connectivity index (χ3n) is 23.2. The number of nitrogens with zero attached hydrogens (tertiary/aromatic N) is 20. The van der Waals surface area contributed by atoms with E-state index >= 15 is 0 Å². The zero-order chi connectivity index (χ0) is 89.4. The average Bonchev–Trinajstić information content (AvgIpc) is 1.67. The highest BCUT2D eigenvalue weighted by Gasteiger charge is 2.23. The van der Waals surface area contributed by atoms with Crippen molar-refractivity contribution in [1.29, 1.82) is 0 Å². The van der Waals surface area contributed by atoms with Crippen molar-refractivity contribution in [3.05, 3.63) is 231 Å². The van der Waals surface area contributed by atoms with Gasteiger partial charge in [-0.3, -0.25) is 19.6 Å². The molecular formula is C96H119ClN24O8. The Balaban J connectivity index is 0.000000133. The summed E-state index contributed by atoms with van der Waals surface area (Å²) in [6.07, 6.45) is 17.0. The number of likely N-dealkylation sites (tertiary alicyclic amines) is 4. The fourth-order valence-electron chi connectivity index (χ4n) is 16.4. The summed E-state index contributed by atoms with van der Waals surface area (Å²) in [5.41, 5.74) is 27.2. The average molecular weight is 1770 g/mol. The third-order valence-corrected chi connectivity index (χ3v) is 23.3. The maximum Gasteiger partial charge on any atom is 0.320 e. The second-order valence-electron chi connectivity index (χ2n) is 33.4. The Morgan fingerprint density at radius 2 is 0.558 bits per heavy atom. The van der Waals surface area contributed by atoms with Crippen molar-refractivity contribution in [2.45, 2.75) is 156 Å². The molecule has 4 aliphatic rings. The summed E-state index contributed by atoms with van der Waals surface area (Å²) < 4.78 is 50.8. The van der Waals surface area contributed by atoms with Gasteiger partial charge in [-0.05, 0) is 216 Å². The molecule has 18 rings (SSSR count). The van der Waals surface area contributed by atoms with Gasteiger partial charge < -0.3 is 60.0 Å². The highest BCUT2D eigenvalue weighted by Crippen LogP contribution is 2.31. The maximum atomic E-state index is 6.25. The highest BCUT2D eigenvalue weighted by atomic mass is 35.5. The van der Waals surface area contributed by atoms with E-state index in [9.17, 15) is 0 Å². The molecule has 6 N–H and O–H groups in total. The molecule has 0 radical (unpaired) electrons. The van der Waals surface area contributed by atoms with E-state index < -0.39 is 0 Å². The number of nitrogens with two attached hydrogens (primary N) is 2. The third kappa shape index (κ3) is 25.4. The summed E-state index contributed by atoms with van der Waals surface area (Å²) in [5, 5.41) is 28.3. The first-order valence-electron chi connectivity index (χ1n) is 44.5. The largest absolute Gasteiger partial charge is 0.497 e. The van der Waals surface area contributed by atoms with Crippen LogP contribution in [0.4, 0.5) is 23.3 Å². The summed E-state index contributed by atoms with van der Waals surface area (Å²) >= 11 is 6.25. The minimum absolute atomic E-state index is 0.170. The van der Waals surface area contributed by atoms with Gasteiger partial charge in [0.25, 0.3) is 0 Å². The molecule has 678 valence electrons.